The first kappa shape index (κ1) is 14.6. The van der Waals surface area contributed by atoms with Crippen molar-refractivity contribution in [3.05, 3.63) is 62.5 Å². The van der Waals surface area contributed by atoms with Crippen LogP contribution in [0.3, 0.4) is 0 Å². The number of hydrogen-bond acceptors (Lipinski definition) is 2. The fraction of sp³-hybridized carbons (Fsp3) is 0.214. The van der Waals surface area contributed by atoms with Gasteiger partial charge in [-0.15, -0.1) is 0 Å². The van der Waals surface area contributed by atoms with E-state index in [1.807, 2.05) is 25.2 Å². The van der Waals surface area contributed by atoms with E-state index in [0.29, 0.717) is 12.0 Å². The predicted octanol–water partition coefficient (Wildman–Crippen LogP) is 4.25. The van der Waals surface area contributed by atoms with E-state index in [9.17, 15) is 4.39 Å². The Hall–Kier alpha value is -0.780. The molecule has 1 aromatic carbocycles. The van der Waals surface area contributed by atoms with Gasteiger partial charge in [0.15, 0.2) is 0 Å². The fourth-order valence-electron chi connectivity index (χ4n) is 1.89. The number of halogens is 3. The molecule has 0 aliphatic heterocycles. The summed E-state index contributed by atoms with van der Waals surface area (Å²) < 4.78 is 15.6. The summed E-state index contributed by atoms with van der Waals surface area (Å²) in [6, 6.07) is 8.89. The van der Waals surface area contributed by atoms with Crippen molar-refractivity contribution in [2.45, 2.75) is 12.5 Å². The van der Waals surface area contributed by atoms with Crippen molar-refractivity contribution in [3.63, 3.8) is 0 Å². The third-order valence-corrected chi connectivity index (χ3v) is 3.85. The fourth-order valence-corrected chi connectivity index (χ4v) is 2.46. The van der Waals surface area contributed by atoms with Gasteiger partial charge in [0.1, 0.15) is 5.82 Å². The predicted molar refractivity (Wildman–Crippen MR) is 81.5 cm³/mol. The smallest absolute Gasteiger partial charge is 0.129 e. The van der Waals surface area contributed by atoms with E-state index in [4.69, 9.17) is 0 Å². The highest BCUT2D eigenvalue weighted by Gasteiger charge is 2.15. The van der Waals surface area contributed by atoms with Crippen LogP contribution in [0.25, 0.3) is 0 Å². The first-order valence-corrected chi connectivity index (χ1v) is 7.41. The minimum atomic E-state index is -0.217. The molecule has 1 N–H and O–H groups in total. The summed E-state index contributed by atoms with van der Waals surface area (Å²) in [6.45, 7) is 0. The Balaban J connectivity index is 2.22. The summed E-state index contributed by atoms with van der Waals surface area (Å²) in [6.07, 6.45) is 2.39. The van der Waals surface area contributed by atoms with Gasteiger partial charge in [-0.1, -0.05) is 22.0 Å². The monoisotopic (exact) mass is 386 g/mol. The van der Waals surface area contributed by atoms with Gasteiger partial charge in [0.2, 0.25) is 0 Å². The van der Waals surface area contributed by atoms with Gasteiger partial charge in [-0.2, -0.15) is 0 Å². The molecular formula is C14H13Br2FN2. The number of nitrogens with one attached hydrogen (secondary N) is 1. The summed E-state index contributed by atoms with van der Waals surface area (Å²) in [7, 11) is 1.82. The summed E-state index contributed by atoms with van der Waals surface area (Å²) >= 11 is 6.61. The van der Waals surface area contributed by atoms with Crippen molar-refractivity contribution in [3.8, 4) is 0 Å². The molecule has 0 aliphatic carbocycles. The second kappa shape index (κ2) is 6.59. The lowest BCUT2D eigenvalue weighted by atomic mass is 10.0. The van der Waals surface area contributed by atoms with E-state index >= 15 is 0 Å². The summed E-state index contributed by atoms with van der Waals surface area (Å²) in [5, 5.41) is 3.13. The molecule has 0 bridgehead atoms. The van der Waals surface area contributed by atoms with Crippen molar-refractivity contribution in [2.75, 3.05) is 7.05 Å². The molecule has 1 aromatic heterocycles. The lowest BCUT2D eigenvalue weighted by Gasteiger charge is -2.17. The highest BCUT2D eigenvalue weighted by atomic mass is 79.9. The van der Waals surface area contributed by atoms with E-state index in [-0.39, 0.29) is 11.9 Å². The number of aromatic nitrogens is 1. The second-order valence-corrected chi connectivity index (χ2v) is 6.01. The summed E-state index contributed by atoms with van der Waals surface area (Å²) in [5.74, 6) is -0.217. The van der Waals surface area contributed by atoms with E-state index in [2.05, 4.69) is 42.2 Å². The minimum absolute atomic E-state index is 0.0956. The molecule has 100 valence electrons. The van der Waals surface area contributed by atoms with Crippen molar-refractivity contribution in [1.82, 2.24) is 10.3 Å². The van der Waals surface area contributed by atoms with Crippen molar-refractivity contribution < 1.29 is 4.39 Å². The Morgan fingerprint density at radius 3 is 2.53 bits per heavy atom. The molecular weight excluding hydrogens is 375 g/mol. The molecule has 0 spiro atoms. The first-order chi connectivity index (χ1) is 9.10. The Bertz CT molecular complexity index is 558. The first-order valence-electron chi connectivity index (χ1n) is 5.83. The third-order valence-electron chi connectivity index (χ3n) is 2.89. The molecule has 2 aromatic rings. The summed E-state index contributed by atoms with van der Waals surface area (Å²) in [5.41, 5.74) is 1.57. The van der Waals surface area contributed by atoms with Crippen LogP contribution in [0.5, 0.6) is 0 Å². The Morgan fingerprint density at radius 1 is 1.21 bits per heavy atom. The zero-order valence-corrected chi connectivity index (χ0v) is 13.5. The molecule has 0 radical (unpaired) electrons. The highest BCUT2D eigenvalue weighted by Crippen LogP contribution is 2.23. The minimum Gasteiger partial charge on any atom is -0.313 e. The quantitative estimate of drug-likeness (QED) is 0.848. The van der Waals surface area contributed by atoms with E-state index in [1.165, 1.54) is 6.07 Å². The molecule has 2 nitrogen and oxygen atoms in total. The molecule has 0 aliphatic rings. The van der Waals surface area contributed by atoms with Crippen LogP contribution in [0.15, 0.2) is 45.5 Å². The largest absolute Gasteiger partial charge is 0.313 e. The Labute approximate surface area is 128 Å². The third kappa shape index (κ3) is 3.84. The van der Waals surface area contributed by atoms with Gasteiger partial charge >= 0.3 is 0 Å². The molecule has 0 amide bonds. The molecule has 1 unspecified atom stereocenters. The van der Waals surface area contributed by atoms with Crippen LogP contribution in [0.1, 0.15) is 17.3 Å². The van der Waals surface area contributed by atoms with Gasteiger partial charge in [0.05, 0.1) is 0 Å². The molecule has 2 rings (SSSR count). The normalized spacial score (nSPS) is 12.4. The van der Waals surface area contributed by atoms with Crippen LogP contribution in [0.4, 0.5) is 4.39 Å². The zero-order chi connectivity index (χ0) is 13.8. The van der Waals surface area contributed by atoms with Crippen molar-refractivity contribution in [2.24, 2.45) is 0 Å². The van der Waals surface area contributed by atoms with Crippen molar-refractivity contribution in [1.29, 1.82) is 0 Å². The highest BCUT2D eigenvalue weighted by molar-refractivity contribution is 9.10. The van der Waals surface area contributed by atoms with Crippen LogP contribution in [0, 0.1) is 5.82 Å². The molecule has 0 saturated carbocycles. The van der Waals surface area contributed by atoms with Crippen LogP contribution in [0.2, 0.25) is 0 Å². The Kier molecular flexibility index (Phi) is 5.07. The molecule has 0 fully saturated rings. The maximum Gasteiger partial charge on any atom is 0.129 e. The second-order valence-electron chi connectivity index (χ2n) is 4.18. The molecule has 19 heavy (non-hydrogen) atoms. The number of hydrogen-bond donors (Lipinski definition) is 1. The lowest BCUT2D eigenvalue weighted by molar-refractivity contribution is 0.529. The van der Waals surface area contributed by atoms with Gasteiger partial charge in [0.25, 0.3) is 0 Å². The number of pyridine rings is 1. The lowest BCUT2D eigenvalue weighted by Crippen LogP contribution is -2.20. The van der Waals surface area contributed by atoms with Crippen LogP contribution < -0.4 is 5.32 Å². The zero-order valence-electron chi connectivity index (χ0n) is 10.3. The van der Waals surface area contributed by atoms with Gasteiger partial charge < -0.3 is 5.32 Å². The van der Waals surface area contributed by atoms with E-state index < -0.39 is 0 Å². The number of nitrogens with zero attached hydrogens (tertiary/aromatic N) is 1. The molecule has 0 saturated heterocycles. The summed E-state index contributed by atoms with van der Waals surface area (Å²) in [4.78, 5) is 4.32. The number of rotatable bonds is 4. The topological polar surface area (TPSA) is 24.9 Å². The van der Waals surface area contributed by atoms with Crippen LogP contribution in [-0.2, 0) is 6.42 Å². The standard InChI is InChI=1S/C14H13Br2FN2/c1-18-14(7-11-4-2-10(16)8-19-11)12-5-3-9(15)6-13(12)17/h2-6,8,14,18H,7H2,1H3. The molecule has 1 atom stereocenters. The number of benzene rings is 1. The molecule has 5 heteroatoms. The van der Waals surface area contributed by atoms with Crippen LogP contribution >= 0.6 is 31.9 Å². The van der Waals surface area contributed by atoms with Gasteiger partial charge in [-0.3, -0.25) is 4.98 Å². The maximum absolute atomic E-state index is 14.0. The van der Waals surface area contributed by atoms with Gasteiger partial charge in [-0.05, 0) is 47.2 Å². The van der Waals surface area contributed by atoms with Gasteiger partial charge in [-0.25, -0.2) is 4.39 Å². The van der Waals surface area contributed by atoms with E-state index in [0.717, 1.165) is 14.6 Å². The van der Waals surface area contributed by atoms with Crippen LogP contribution in [-0.4, -0.2) is 12.0 Å². The average Bonchev–Trinajstić information content (AvgIpc) is 2.39. The van der Waals surface area contributed by atoms with Crippen molar-refractivity contribution >= 4 is 31.9 Å². The SMILES string of the molecule is CNC(Cc1ccc(Br)cn1)c1ccc(Br)cc1F. The molecule has 1 heterocycles. The average molecular weight is 388 g/mol. The van der Waals surface area contributed by atoms with E-state index in [1.54, 1.807) is 12.3 Å². The number of likely N-dealkylation sites (N-methyl/N-ethyl adjacent to an activating group) is 1. The Morgan fingerprint density at radius 2 is 1.95 bits per heavy atom. The van der Waals surface area contributed by atoms with Gasteiger partial charge in [0, 0.05) is 38.9 Å². The maximum atomic E-state index is 14.0.